The Balaban J connectivity index is 1.43. The van der Waals surface area contributed by atoms with Crippen LogP contribution in [0.2, 0.25) is 0 Å². The Kier molecular flexibility index (Phi) is 5.11. The molecule has 3 N–H and O–H groups in total. The van der Waals surface area contributed by atoms with Crippen molar-refractivity contribution in [3.8, 4) is 5.69 Å². The summed E-state index contributed by atoms with van der Waals surface area (Å²) < 4.78 is 1.70. The monoisotopic (exact) mass is 388 g/mol. The number of aryl methyl sites for hydroxylation is 1. The van der Waals surface area contributed by atoms with Crippen molar-refractivity contribution in [3.63, 3.8) is 0 Å². The molecule has 146 valence electrons. The van der Waals surface area contributed by atoms with Crippen molar-refractivity contribution in [3.05, 3.63) is 90.0 Å². The maximum absolute atomic E-state index is 12.6. The SMILES string of the molecule is O=C(Nc1ccc(-n2cccn2)cc1)C1=C(O)C(CCc2ccccc2)NC1=O. The Morgan fingerprint density at radius 1 is 1.10 bits per heavy atom. The van der Waals surface area contributed by atoms with E-state index in [4.69, 9.17) is 0 Å². The van der Waals surface area contributed by atoms with Crippen molar-refractivity contribution in [2.75, 3.05) is 5.32 Å². The smallest absolute Gasteiger partial charge is 0.264 e. The van der Waals surface area contributed by atoms with Gasteiger partial charge < -0.3 is 15.7 Å². The van der Waals surface area contributed by atoms with Crippen LogP contribution in [0.5, 0.6) is 0 Å². The number of amides is 2. The molecule has 0 saturated carbocycles. The second-order valence-electron chi connectivity index (χ2n) is 6.76. The van der Waals surface area contributed by atoms with Crippen molar-refractivity contribution in [2.45, 2.75) is 18.9 Å². The fourth-order valence-corrected chi connectivity index (χ4v) is 3.29. The summed E-state index contributed by atoms with van der Waals surface area (Å²) in [5.74, 6) is -1.41. The van der Waals surface area contributed by atoms with Crippen LogP contribution in [0.1, 0.15) is 12.0 Å². The van der Waals surface area contributed by atoms with E-state index in [1.165, 1.54) is 0 Å². The van der Waals surface area contributed by atoms with Crippen LogP contribution in [0.15, 0.2) is 84.4 Å². The third-order valence-corrected chi connectivity index (χ3v) is 4.80. The number of carbonyl (C=O) groups excluding carboxylic acids is 2. The number of aliphatic hydroxyl groups is 1. The first-order valence-corrected chi connectivity index (χ1v) is 9.31. The number of hydrogen-bond acceptors (Lipinski definition) is 4. The molecule has 1 aliphatic heterocycles. The lowest BCUT2D eigenvalue weighted by atomic mass is 10.0. The van der Waals surface area contributed by atoms with Gasteiger partial charge in [0.25, 0.3) is 11.8 Å². The number of carbonyl (C=O) groups is 2. The highest BCUT2D eigenvalue weighted by molar-refractivity contribution is 6.24. The van der Waals surface area contributed by atoms with Crippen LogP contribution < -0.4 is 10.6 Å². The molecule has 1 aliphatic rings. The number of nitrogens with zero attached hydrogens (tertiary/aromatic N) is 2. The molecule has 0 radical (unpaired) electrons. The lowest BCUT2D eigenvalue weighted by Gasteiger charge is -2.10. The topological polar surface area (TPSA) is 96.2 Å². The van der Waals surface area contributed by atoms with Crippen LogP contribution in [0.25, 0.3) is 5.69 Å². The maximum Gasteiger partial charge on any atom is 0.264 e. The van der Waals surface area contributed by atoms with Gasteiger partial charge in [0.15, 0.2) is 0 Å². The van der Waals surface area contributed by atoms with Crippen molar-refractivity contribution >= 4 is 17.5 Å². The minimum absolute atomic E-state index is 0.211. The van der Waals surface area contributed by atoms with E-state index >= 15 is 0 Å². The summed E-state index contributed by atoms with van der Waals surface area (Å²) in [7, 11) is 0. The summed E-state index contributed by atoms with van der Waals surface area (Å²) in [6.45, 7) is 0. The maximum atomic E-state index is 12.6. The molecule has 0 saturated heterocycles. The number of nitrogens with one attached hydrogen (secondary N) is 2. The van der Waals surface area contributed by atoms with Gasteiger partial charge in [0.2, 0.25) is 0 Å². The lowest BCUT2D eigenvalue weighted by molar-refractivity contribution is -0.120. The second kappa shape index (κ2) is 8.02. The zero-order chi connectivity index (χ0) is 20.2. The van der Waals surface area contributed by atoms with Crippen LogP contribution in [0, 0.1) is 0 Å². The first-order chi connectivity index (χ1) is 14.1. The lowest BCUT2D eigenvalue weighted by Crippen LogP contribution is -2.30. The molecule has 1 aromatic heterocycles. The molecule has 0 spiro atoms. The van der Waals surface area contributed by atoms with Crippen LogP contribution in [0.3, 0.4) is 0 Å². The van der Waals surface area contributed by atoms with E-state index in [9.17, 15) is 14.7 Å². The molecule has 1 atom stereocenters. The average Bonchev–Trinajstić information content (AvgIpc) is 3.36. The summed E-state index contributed by atoms with van der Waals surface area (Å²) in [5, 5.41) is 19.9. The van der Waals surface area contributed by atoms with Crippen LogP contribution in [0.4, 0.5) is 5.69 Å². The Bertz CT molecular complexity index is 1040. The Hall–Kier alpha value is -3.87. The van der Waals surface area contributed by atoms with Gasteiger partial charge in [-0.15, -0.1) is 0 Å². The highest BCUT2D eigenvalue weighted by Gasteiger charge is 2.35. The normalized spacial score (nSPS) is 16.0. The van der Waals surface area contributed by atoms with Gasteiger partial charge >= 0.3 is 0 Å². The molecule has 1 unspecified atom stereocenters. The molecule has 0 fully saturated rings. The minimum Gasteiger partial charge on any atom is -0.509 e. The fourth-order valence-electron chi connectivity index (χ4n) is 3.29. The Morgan fingerprint density at radius 3 is 2.55 bits per heavy atom. The van der Waals surface area contributed by atoms with Gasteiger partial charge in [-0.1, -0.05) is 30.3 Å². The molecular formula is C22H20N4O3. The van der Waals surface area contributed by atoms with Gasteiger partial charge in [-0.05, 0) is 48.7 Å². The van der Waals surface area contributed by atoms with E-state index in [2.05, 4.69) is 15.7 Å². The van der Waals surface area contributed by atoms with Crippen molar-refractivity contribution < 1.29 is 14.7 Å². The third kappa shape index (κ3) is 4.03. The molecule has 7 heteroatoms. The highest BCUT2D eigenvalue weighted by atomic mass is 16.3. The molecule has 0 aliphatic carbocycles. The summed E-state index contributed by atoms with van der Waals surface area (Å²) in [6.07, 6.45) is 4.68. The summed E-state index contributed by atoms with van der Waals surface area (Å²) in [5.41, 5.74) is 2.23. The highest BCUT2D eigenvalue weighted by Crippen LogP contribution is 2.21. The summed E-state index contributed by atoms with van der Waals surface area (Å²) in [6, 6.07) is 18.1. The molecule has 7 nitrogen and oxygen atoms in total. The predicted molar refractivity (Wildman–Crippen MR) is 109 cm³/mol. The molecule has 29 heavy (non-hydrogen) atoms. The second-order valence-corrected chi connectivity index (χ2v) is 6.76. The van der Waals surface area contributed by atoms with Crippen LogP contribution >= 0.6 is 0 Å². The standard InChI is InChI=1S/C22H20N4O3/c27-20-18(12-7-15-5-2-1-3-6-15)25-22(29)19(20)21(28)24-16-8-10-17(11-9-16)26-14-4-13-23-26/h1-6,8-11,13-14,18,27H,7,12H2,(H,24,28)(H,25,29). The van der Waals surface area contributed by atoms with E-state index in [1.807, 2.05) is 42.6 Å². The van der Waals surface area contributed by atoms with Crippen LogP contribution in [-0.2, 0) is 16.0 Å². The van der Waals surface area contributed by atoms with Crippen molar-refractivity contribution in [2.24, 2.45) is 0 Å². The zero-order valence-corrected chi connectivity index (χ0v) is 15.6. The largest absolute Gasteiger partial charge is 0.509 e. The fraction of sp³-hybridized carbons (Fsp3) is 0.136. The van der Waals surface area contributed by atoms with Gasteiger partial charge in [0, 0.05) is 18.1 Å². The molecule has 3 aromatic rings. The van der Waals surface area contributed by atoms with Gasteiger partial charge in [0.05, 0.1) is 11.7 Å². The number of aliphatic hydroxyl groups excluding tert-OH is 1. The van der Waals surface area contributed by atoms with E-state index in [0.29, 0.717) is 18.5 Å². The van der Waals surface area contributed by atoms with Crippen LogP contribution in [-0.4, -0.2) is 32.7 Å². The third-order valence-electron chi connectivity index (χ3n) is 4.80. The Labute approximate surface area is 167 Å². The summed E-state index contributed by atoms with van der Waals surface area (Å²) in [4.78, 5) is 24.8. The van der Waals surface area contributed by atoms with Crippen molar-refractivity contribution in [1.82, 2.24) is 15.1 Å². The van der Waals surface area contributed by atoms with Gasteiger partial charge in [0.1, 0.15) is 11.3 Å². The molecule has 2 amide bonds. The van der Waals surface area contributed by atoms with Crippen molar-refractivity contribution in [1.29, 1.82) is 0 Å². The number of anilines is 1. The van der Waals surface area contributed by atoms with Gasteiger partial charge in [-0.2, -0.15) is 5.10 Å². The summed E-state index contributed by atoms with van der Waals surface area (Å²) >= 11 is 0. The molecule has 0 bridgehead atoms. The average molecular weight is 388 g/mol. The number of benzene rings is 2. The van der Waals surface area contributed by atoms with Gasteiger partial charge in [-0.3, -0.25) is 9.59 Å². The zero-order valence-electron chi connectivity index (χ0n) is 15.6. The molecule has 2 aromatic carbocycles. The van der Waals surface area contributed by atoms with E-state index < -0.39 is 17.9 Å². The van der Waals surface area contributed by atoms with E-state index in [-0.39, 0.29) is 11.3 Å². The number of hydrogen-bond donors (Lipinski definition) is 3. The minimum atomic E-state index is -0.631. The van der Waals surface area contributed by atoms with E-state index in [0.717, 1.165) is 11.3 Å². The number of aromatic nitrogens is 2. The quantitative estimate of drug-likeness (QED) is 0.566. The Morgan fingerprint density at radius 2 is 1.86 bits per heavy atom. The molecule has 2 heterocycles. The van der Waals surface area contributed by atoms with Gasteiger partial charge in [-0.25, -0.2) is 4.68 Å². The number of rotatable bonds is 6. The first kappa shape index (κ1) is 18.5. The van der Waals surface area contributed by atoms with E-state index in [1.54, 1.807) is 35.1 Å². The predicted octanol–water partition coefficient (Wildman–Crippen LogP) is 2.75. The molecular weight excluding hydrogens is 368 g/mol. The molecule has 4 rings (SSSR count). The first-order valence-electron chi connectivity index (χ1n) is 9.31.